The van der Waals surface area contributed by atoms with Gasteiger partial charge in [0, 0.05) is 23.2 Å². The molecule has 94 valence electrons. The molecule has 4 heteroatoms. The molecule has 0 unspecified atom stereocenters. The third-order valence-electron chi connectivity index (χ3n) is 2.24. The molecule has 0 saturated heterocycles. The number of anilines is 1. The molecule has 0 fully saturated rings. The Kier molecular flexibility index (Phi) is 6.01. The highest BCUT2D eigenvalue weighted by Gasteiger charge is 2.02. The van der Waals surface area contributed by atoms with Gasteiger partial charge in [-0.05, 0) is 31.2 Å². The van der Waals surface area contributed by atoms with Gasteiger partial charge in [0.25, 0.3) is 0 Å². The normalized spacial score (nSPS) is 10.6. The second-order valence-electron chi connectivity index (χ2n) is 4.27. The van der Waals surface area contributed by atoms with Crippen molar-refractivity contribution in [1.29, 1.82) is 0 Å². The number of amides is 1. The fourth-order valence-electron chi connectivity index (χ4n) is 1.43. The maximum atomic E-state index is 11.6. The standard InChI is InChI=1S/C13H19ClN2O/c1-10(2)15-8-4-7-13(17)16-12-6-3-5-11(14)9-12/h3,5-6,9-10,15H,4,7-8H2,1-2H3,(H,16,17). The number of rotatable bonds is 6. The van der Waals surface area contributed by atoms with Crippen molar-refractivity contribution in [3.63, 3.8) is 0 Å². The topological polar surface area (TPSA) is 41.1 Å². The van der Waals surface area contributed by atoms with Crippen LogP contribution in [0.15, 0.2) is 24.3 Å². The monoisotopic (exact) mass is 254 g/mol. The summed E-state index contributed by atoms with van der Waals surface area (Å²) in [7, 11) is 0. The number of halogens is 1. The lowest BCUT2D eigenvalue weighted by atomic mass is 10.2. The van der Waals surface area contributed by atoms with Crippen LogP contribution in [0, 0.1) is 0 Å². The van der Waals surface area contributed by atoms with Gasteiger partial charge in [0.2, 0.25) is 5.91 Å². The van der Waals surface area contributed by atoms with E-state index in [9.17, 15) is 4.79 Å². The van der Waals surface area contributed by atoms with Crippen molar-refractivity contribution in [2.24, 2.45) is 0 Å². The van der Waals surface area contributed by atoms with E-state index in [1.807, 2.05) is 12.1 Å². The lowest BCUT2D eigenvalue weighted by Gasteiger charge is -2.08. The fraction of sp³-hybridized carbons (Fsp3) is 0.462. The quantitative estimate of drug-likeness (QED) is 0.766. The molecule has 2 N–H and O–H groups in total. The smallest absolute Gasteiger partial charge is 0.224 e. The number of hydrogen-bond donors (Lipinski definition) is 2. The second kappa shape index (κ2) is 7.30. The van der Waals surface area contributed by atoms with E-state index < -0.39 is 0 Å². The lowest BCUT2D eigenvalue weighted by Crippen LogP contribution is -2.24. The Labute approximate surface area is 108 Å². The summed E-state index contributed by atoms with van der Waals surface area (Å²) in [5.74, 6) is 0.0258. The molecular formula is C13H19ClN2O. The number of nitrogens with one attached hydrogen (secondary N) is 2. The molecule has 1 aromatic carbocycles. The Hall–Kier alpha value is -1.06. The van der Waals surface area contributed by atoms with Gasteiger partial charge < -0.3 is 10.6 Å². The minimum Gasteiger partial charge on any atom is -0.326 e. The van der Waals surface area contributed by atoms with Gasteiger partial charge in [0.1, 0.15) is 0 Å². The molecule has 0 aromatic heterocycles. The van der Waals surface area contributed by atoms with Crippen LogP contribution < -0.4 is 10.6 Å². The molecule has 0 heterocycles. The third-order valence-corrected chi connectivity index (χ3v) is 2.48. The zero-order chi connectivity index (χ0) is 12.7. The molecule has 0 aliphatic carbocycles. The number of carbonyl (C=O) groups is 1. The first-order chi connectivity index (χ1) is 8.08. The van der Waals surface area contributed by atoms with E-state index in [0.29, 0.717) is 17.5 Å². The van der Waals surface area contributed by atoms with Crippen LogP contribution in [0.4, 0.5) is 5.69 Å². The van der Waals surface area contributed by atoms with E-state index in [1.54, 1.807) is 12.1 Å². The van der Waals surface area contributed by atoms with Gasteiger partial charge in [0.05, 0.1) is 0 Å². The predicted molar refractivity (Wildman–Crippen MR) is 72.5 cm³/mol. The predicted octanol–water partition coefficient (Wildman–Crippen LogP) is 3.06. The summed E-state index contributed by atoms with van der Waals surface area (Å²) in [6, 6.07) is 7.63. The average Bonchev–Trinajstić information content (AvgIpc) is 2.24. The van der Waals surface area contributed by atoms with Crippen molar-refractivity contribution in [3.8, 4) is 0 Å². The zero-order valence-corrected chi connectivity index (χ0v) is 11.1. The Morgan fingerprint density at radius 3 is 2.82 bits per heavy atom. The molecule has 0 spiro atoms. The van der Waals surface area contributed by atoms with E-state index in [2.05, 4.69) is 24.5 Å². The summed E-state index contributed by atoms with van der Waals surface area (Å²) in [5, 5.41) is 6.72. The van der Waals surface area contributed by atoms with Gasteiger partial charge in [-0.2, -0.15) is 0 Å². The molecular weight excluding hydrogens is 236 g/mol. The van der Waals surface area contributed by atoms with Crippen molar-refractivity contribution in [1.82, 2.24) is 5.32 Å². The van der Waals surface area contributed by atoms with Crippen LogP contribution in [0.5, 0.6) is 0 Å². The Balaban J connectivity index is 2.25. The van der Waals surface area contributed by atoms with E-state index in [4.69, 9.17) is 11.6 Å². The number of benzene rings is 1. The van der Waals surface area contributed by atoms with Crippen molar-refractivity contribution < 1.29 is 4.79 Å². The second-order valence-corrected chi connectivity index (χ2v) is 4.71. The molecule has 0 aliphatic heterocycles. The van der Waals surface area contributed by atoms with E-state index in [-0.39, 0.29) is 5.91 Å². The van der Waals surface area contributed by atoms with Crippen molar-refractivity contribution in [2.45, 2.75) is 32.7 Å². The van der Waals surface area contributed by atoms with Crippen molar-refractivity contribution in [3.05, 3.63) is 29.3 Å². The molecule has 1 amide bonds. The van der Waals surface area contributed by atoms with Crippen LogP contribution in [0.1, 0.15) is 26.7 Å². The summed E-state index contributed by atoms with van der Waals surface area (Å²) in [6.45, 7) is 5.04. The maximum Gasteiger partial charge on any atom is 0.224 e. The van der Waals surface area contributed by atoms with Gasteiger partial charge in [0.15, 0.2) is 0 Å². The molecule has 3 nitrogen and oxygen atoms in total. The Morgan fingerprint density at radius 2 is 2.18 bits per heavy atom. The van der Waals surface area contributed by atoms with Gasteiger partial charge >= 0.3 is 0 Å². The van der Waals surface area contributed by atoms with E-state index >= 15 is 0 Å². The van der Waals surface area contributed by atoms with Gasteiger partial charge in [-0.15, -0.1) is 0 Å². The third kappa shape index (κ3) is 6.29. The van der Waals surface area contributed by atoms with Crippen molar-refractivity contribution >= 4 is 23.2 Å². The molecule has 17 heavy (non-hydrogen) atoms. The van der Waals surface area contributed by atoms with E-state index in [0.717, 1.165) is 18.7 Å². The molecule has 0 bridgehead atoms. The molecule has 1 aromatic rings. The Bertz CT molecular complexity index is 366. The summed E-state index contributed by atoms with van der Waals surface area (Å²) < 4.78 is 0. The van der Waals surface area contributed by atoms with Crippen LogP contribution in [-0.2, 0) is 4.79 Å². The molecule has 1 rings (SSSR count). The van der Waals surface area contributed by atoms with Gasteiger partial charge in [-0.1, -0.05) is 31.5 Å². The molecule has 0 atom stereocenters. The highest BCUT2D eigenvalue weighted by atomic mass is 35.5. The molecule has 0 aliphatic rings. The molecule has 0 saturated carbocycles. The summed E-state index contributed by atoms with van der Waals surface area (Å²) in [6.07, 6.45) is 1.36. The fourth-order valence-corrected chi connectivity index (χ4v) is 1.62. The summed E-state index contributed by atoms with van der Waals surface area (Å²) >= 11 is 5.83. The first-order valence-corrected chi connectivity index (χ1v) is 6.24. The summed E-state index contributed by atoms with van der Waals surface area (Å²) in [5.41, 5.74) is 0.749. The first-order valence-electron chi connectivity index (χ1n) is 5.86. The van der Waals surface area contributed by atoms with Crippen LogP contribution in [0.25, 0.3) is 0 Å². The van der Waals surface area contributed by atoms with Crippen molar-refractivity contribution in [2.75, 3.05) is 11.9 Å². The van der Waals surface area contributed by atoms with E-state index in [1.165, 1.54) is 0 Å². The first kappa shape index (κ1) is 14.0. The average molecular weight is 255 g/mol. The highest BCUT2D eigenvalue weighted by Crippen LogP contribution is 2.15. The van der Waals surface area contributed by atoms with Crippen LogP contribution in [0.2, 0.25) is 5.02 Å². The largest absolute Gasteiger partial charge is 0.326 e. The van der Waals surface area contributed by atoms with Gasteiger partial charge in [-0.3, -0.25) is 4.79 Å². The van der Waals surface area contributed by atoms with Crippen LogP contribution in [-0.4, -0.2) is 18.5 Å². The number of hydrogen-bond acceptors (Lipinski definition) is 2. The van der Waals surface area contributed by atoms with Crippen LogP contribution in [0.3, 0.4) is 0 Å². The Morgan fingerprint density at radius 1 is 1.41 bits per heavy atom. The zero-order valence-electron chi connectivity index (χ0n) is 10.3. The lowest BCUT2D eigenvalue weighted by molar-refractivity contribution is -0.116. The number of carbonyl (C=O) groups excluding carboxylic acids is 1. The van der Waals surface area contributed by atoms with Crippen LogP contribution >= 0.6 is 11.6 Å². The highest BCUT2D eigenvalue weighted by molar-refractivity contribution is 6.30. The SMILES string of the molecule is CC(C)NCCCC(=O)Nc1cccc(Cl)c1. The minimum atomic E-state index is 0.0258. The minimum absolute atomic E-state index is 0.0258. The molecule has 0 radical (unpaired) electrons. The van der Waals surface area contributed by atoms with Gasteiger partial charge in [-0.25, -0.2) is 0 Å². The summed E-state index contributed by atoms with van der Waals surface area (Å²) in [4.78, 5) is 11.6. The maximum absolute atomic E-state index is 11.6.